The van der Waals surface area contributed by atoms with E-state index in [2.05, 4.69) is 29.6 Å². The summed E-state index contributed by atoms with van der Waals surface area (Å²) < 4.78 is 19.3. The molecule has 0 amide bonds. The van der Waals surface area contributed by atoms with E-state index in [1.54, 1.807) is 12.1 Å². The van der Waals surface area contributed by atoms with Crippen LogP contribution in [0, 0.1) is 5.82 Å². The Morgan fingerprint density at radius 3 is 2.52 bits per heavy atom. The van der Waals surface area contributed by atoms with Gasteiger partial charge in [0.15, 0.2) is 0 Å². The number of rotatable bonds is 4. The number of hydrogen-bond acceptors (Lipinski definition) is 2. The normalized spacial score (nSPS) is 24.0. The number of hydrogen-bond donors (Lipinski definition) is 1. The van der Waals surface area contributed by atoms with Gasteiger partial charge in [0, 0.05) is 24.6 Å². The van der Waals surface area contributed by atoms with Gasteiger partial charge in [0.25, 0.3) is 0 Å². The molecule has 0 unspecified atom stereocenters. The Morgan fingerprint density at radius 1 is 1.09 bits per heavy atom. The van der Waals surface area contributed by atoms with Crippen molar-refractivity contribution in [3.63, 3.8) is 0 Å². The summed E-state index contributed by atoms with van der Waals surface area (Å²) in [5, 5.41) is 3.73. The lowest BCUT2D eigenvalue weighted by molar-refractivity contribution is 0.175. The molecular formula is C20H22FNO. The van der Waals surface area contributed by atoms with Gasteiger partial charge in [-0.3, -0.25) is 0 Å². The Labute approximate surface area is 136 Å². The molecule has 2 aliphatic rings. The minimum Gasteiger partial charge on any atom is -0.380 e. The van der Waals surface area contributed by atoms with Crippen molar-refractivity contribution in [2.24, 2.45) is 0 Å². The lowest BCUT2D eigenvalue weighted by atomic mass is 9.79. The largest absolute Gasteiger partial charge is 0.380 e. The van der Waals surface area contributed by atoms with E-state index in [1.807, 2.05) is 6.07 Å². The molecule has 1 N–H and O–H groups in total. The van der Waals surface area contributed by atoms with Crippen molar-refractivity contribution in [3.8, 4) is 0 Å². The van der Waals surface area contributed by atoms with Gasteiger partial charge in [-0.15, -0.1) is 0 Å². The number of nitrogens with one attached hydrogen (secondary N) is 1. The molecule has 0 spiro atoms. The topological polar surface area (TPSA) is 21.3 Å². The van der Waals surface area contributed by atoms with Crippen LogP contribution in [0.4, 0.5) is 4.39 Å². The second kappa shape index (κ2) is 6.06. The van der Waals surface area contributed by atoms with E-state index in [-0.39, 0.29) is 11.2 Å². The highest BCUT2D eigenvalue weighted by Gasteiger charge is 2.37. The van der Waals surface area contributed by atoms with Crippen LogP contribution in [-0.4, -0.2) is 25.8 Å². The van der Waals surface area contributed by atoms with Crippen LogP contribution in [-0.2, 0) is 23.0 Å². The third-order valence-electron chi connectivity index (χ3n) is 5.32. The maximum absolute atomic E-state index is 13.6. The summed E-state index contributed by atoms with van der Waals surface area (Å²) >= 11 is 0. The van der Waals surface area contributed by atoms with Crippen molar-refractivity contribution in [3.05, 3.63) is 71.0 Å². The molecule has 1 saturated heterocycles. The zero-order valence-electron chi connectivity index (χ0n) is 13.2. The molecule has 1 fully saturated rings. The molecule has 1 heterocycles. The van der Waals surface area contributed by atoms with Crippen molar-refractivity contribution < 1.29 is 9.13 Å². The molecule has 2 aromatic carbocycles. The van der Waals surface area contributed by atoms with Crippen molar-refractivity contribution in [2.45, 2.75) is 30.7 Å². The fraction of sp³-hybridized carbons (Fsp3) is 0.400. The number of halogens is 1. The molecule has 1 aliphatic heterocycles. The van der Waals surface area contributed by atoms with E-state index < -0.39 is 0 Å². The van der Waals surface area contributed by atoms with Crippen LogP contribution in [0.25, 0.3) is 0 Å². The zero-order valence-corrected chi connectivity index (χ0v) is 13.2. The van der Waals surface area contributed by atoms with Gasteiger partial charge in [0.05, 0.1) is 6.61 Å². The first kappa shape index (κ1) is 14.9. The van der Waals surface area contributed by atoms with E-state index in [4.69, 9.17) is 4.74 Å². The lowest BCUT2D eigenvalue weighted by Crippen LogP contribution is -2.43. The first-order valence-corrected chi connectivity index (χ1v) is 8.39. The molecule has 0 saturated carbocycles. The smallest absolute Gasteiger partial charge is 0.123 e. The monoisotopic (exact) mass is 311 g/mol. The molecule has 2 nitrogen and oxygen atoms in total. The summed E-state index contributed by atoms with van der Waals surface area (Å²) in [4.78, 5) is 0. The van der Waals surface area contributed by atoms with E-state index in [1.165, 1.54) is 17.2 Å². The summed E-state index contributed by atoms with van der Waals surface area (Å²) in [6.07, 6.45) is 3.11. The molecule has 120 valence electrons. The highest BCUT2D eigenvalue weighted by atomic mass is 19.1. The van der Waals surface area contributed by atoms with Gasteiger partial charge in [0.2, 0.25) is 0 Å². The van der Waals surface area contributed by atoms with E-state index >= 15 is 0 Å². The highest BCUT2D eigenvalue weighted by molar-refractivity contribution is 5.34. The zero-order chi connectivity index (χ0) is 15.7. The lowest BCUT2D eigenvalue weighted by Gasteiger charge is -2.30. The third kappa shape index (κ3) is 2.91. The predicted octanol–water partition coefficient (Wildman–Crippen LogP) is 3.24. The van der Waals surface area contributed by atoms with Crippen LogP contribution in [0.1, 0.15) is 23.1 Å². The predicted molar refractivity (Wildman–Crippen MR) is 89.2 cm³/mol. The van der Waals surface area contributed by atoms with Crippen LogP contribution in [0.15, 0.2) is 48.5 Å². The van der Waals surface area contributed by atoms with E-state index in [9.17, 15) is 4.39 Å². The second-order valence-electron chi connectivity index (χ2n) is 6.85. The average Bonchev–Trinajstić information content (AvgIpc) is 3.20. The fourth-order valence-corrected chi connectivity index (χ4v) is 3.94. The SMILES string of the molecule is Fc1cccc([C@@]2(CNC3Cc4ccccc4C3)CCOC2)c1. The van der Waals surface area contributed by atoms with E-state index in [0.717, 1.165) is 38.0 Å². The minimum atomic E-state index is -0.165. The third-order valence-corrected chi connectivity index (χ3v) is 5.32. The quantitative estimate of drug-likeness (QED) is 0.936. The van der Waals surface area contributed by atoms with Crippen LogP contribution >= 0.6 is 0 Å². The van der Waals surface area contributed by atoms with Gasteiger partial charge < -0.3 is 10.1 Å². The average molecular weight is 311 g/mol. The Bertz CT molecular complexity index is 669. The molecule has 4 rings (SSSR count). The standard InChI is InChI=1S/C20H22FNO/c21-18-7-3-6-17(12-18)20(8-9-23-14-20)13-22-19-10-15-4-1-2-5-16(15)11-19/h1-7,12,19,22H,8-11,13-14H2/t20-/m1/s1. The molecule has 0 radical (unpaired) electrons. The summed E-state index contributed by atoms with van der Waals surface area (Å²) in [5.74, 6) is -0.165. The molecule has 1 atom stereocenters. The fourth-order valence-electron chi connectivity index (χ4n) is 3.94. The molecular weight excluding hydrogens is 289 g/mol. The van der Waals surface area contributed by atoms with Gasteiger partial charge in [-0.25, -0.2) is 4.39 Å². The highest BCUT2D eigenvalue weighted by Crippen LogP contribution is 2.33. The molecule has 0 bridgehead atoms. The Hall–Kier alpha value is -1.71. The number of ether oxygens (including phenoxy) is 1. The Kier molecular flexibility index (Phi) is 3.92. The van der Waals surface area contributed by atoms with E-state index in [0.29, 0.717) is 12.6 Å². The van der Waals surface area contributed by atoms with Gasteiger partial charge in [-0.2, -0.15) is 0 Å². The first-order valence-electron chi connectivity index (χ1n) is 8.39. The van der Waals surface area contributed by atoms with Crippen LogP contribution < -0.4 is 5.32 Å². The minimum absolute atomic E-state index is 0.100. The first-order chi connectivity index (χ1) is 11.3. The van der Waals surface area contributed by atoms with Crippen molar-refractivity contribution in [1.29, 1.82) is 0 Å². The van der Waals surface area contributed by atoms with Gasteiger partial charge in [-0.05, 0) is 48.1 Å². The molecule has 23 heavy (non-hydrogen) atoms. The van der Waals surface area contributed by atoms with Crippen LogP contribution in [0.3, 0.4) is 0 Å². The Morgan fingerprint density at radius 2 is 1.87 bits per heavy atom. The summed E-state index contributed by atoms with van der Waals surface area (Å²) in [6.45, 7) is 2.27. The van der Waals surface area contributed by atoms with Gasteiger partial charge >= 0.3 is 0 Å². The van der Waals surface area contributed by atoms with Crippen LogP contribution in [0.2, 0.25) is 0 Å². The number of benzene rings is 2. The molecule has 2 aromatic rings. The molecule has 3 heteroatoms. The molecule has 1 aliphatic carbocycles. The van der Waals surface area contributed by atoms with Gasteiger partial charge in [0.1, 0.15) is 5.82 Å². The summed E-state index contributed by atoms with van der Waals surface area (Å²) in [5.41, 5.74) is 3.86. The second-order valence-corrected chi connectivity index (χ2v) is 6.85. The van der Waals surface area contributed by atoms with Crippen molar-refractivity contribution in [1.82, 2.24) is 5.32 Å². The summed E-state index contributed by atoms with van der Waals surface area (Å²) in [6, 6.07) is 16.1. The number of fused-ring (bicyclic) bond motifs is 1. The van der Waals surface area contributed by atoms with Crippen LogP contribution in [0.5, 0.6) is 0 Å². The van der Waals surface area contributed by atoms with Crippen molar-refractivity contribution >= 4 is 0 Å². The molecule has 0 aromatic heterocycles. The van der Waals surface area contributed by atoms with Gasteiger partial charge in [-0.1, -0.05) is 36.4 Å². The maximum Gasteiger partial charge on any atom is 0.123 e. The van der Waals surface area contributed by atoms with Crippen molar-refractivity contribution in [2.75, 3.05) is 19.8 Å². The summed E-state index contributed by atoms with van der Waals surface area (Å²) in [7, 11) is 0. The Balaban J connectivity index is 1.48. The maximum atomic E-state index is 13.6.